The molecule has 282 valence electrons. The summed E-state index contributed by atoms with van der Waals surface area (Å²) < 4.78 is 11.1. The van der Waals surface area contributed by atoms with Gasteiger partial charge in [0.1, 0.15) is 12.1 Å². The number of anilines is 2. The Morgan fingerprint density at radius 1 is 0.636 bits per heavy atom. The van der Waals surface area contributed by atoms with Crippen LogP contribution in [0.5, 0.6) is 0 Å². The van der Waals surface area contributed by atoms with Crippen molar-refractivity contribution in [3.63, 3.8) is 0 Å². The average Bonchev–Trinajstić information content (AvgIpc) is 4.02. The van der Waals surface area contributed by atoms with Crippen LogP contribution in [0.3, 0.4) is 0 Å². The van der Waals surface area contributed by atoms with Crippen LogP contribution in [0.25, 0.3) is 22.5 Å². The van der Waals surface area contributed by atoms with E-state index in [4.69, 9.17) is 9.47 Å². The molecule has 4 aromatic carbocycles. The number of carbonyl (C=O) groups is 4. The maximum Gasteiger partial charge on any atom is 0.257 e. The second-order valence-corrected chi connectivity index (χ2v) is 13.7. The fourth-order valence-corrected chi connectivity index (χ4v) is 7.54. The molecule has 2 fully saturated rings. The van der Waals surface area contributed by atoms with Gasteiger partial charge >= 0.3 is 0 Å². The van der Waals surface area contributed by atoms with Gasteiger partial charge in [-0.05, 0) is 61.1 Å². The zero-order valence-electron chi connectivity index (χ0n) is 30.8. The predicted octanol–water partition coefficient (Wildman–Crippen LogP) is 6.38. The zero-order chi connectivity index (χ0) is 38.3. The largest absolute Gasteiger partial charge is 0.367 e. The van der Waals surface area contributed by atoms with Gasteiger partial charge in [0.2, 0.25) is 11.8 Å². The summed E-state index contributed by atoms with van der Waals surface area (Å²) in [5.41, 5.74) is 5.93. The lowest BCUT2D eigenvalue weighted by molar-refractivity contribution is -0.146. The second-order valence-electron chi connectivity index (χ2n) is 13.7. The lowest BCUT2D eigenvalue weighted by Gasteiger charge is -2.27. The van der Waals surface area contributed by atoms with Crippen molar-refractivity contribution in [2.75, 3.05) is 37.9 Å². The number of ether oxygens (including phenoxy) is 2. The molecule has 0 bridgehead atoms. The highest BCUT2D eigenvalue weighted by molar-refractivity contribution is 5.99. The van der Waals surface area contributed by atoms with Crippen LogP contribution < -0.4 is 10.6 Å². The van der Waals surface area contributed by atoms with Crippen LogP contribution in [-0.2, 0) is 28.7 Å². The number of benzene rings is 4. The summed E-state index contributed by atoms with van der Waals surface area (Å²) in [6.07, 6.45) is 2.68. The van der Waals surface area contributed by atoms with Gasteiger partial charge in [-0.1, -0.05) is 84.9 Å². The van der Waals surface area contributed by atoms with Crippen molar-refractivity contribution < 1.29 is 28.7 Å². The van der Waals surface area contributed by atoms with E-state index >= 15 is 0 Å². The van der Waals surface area contributed by atoms with Crippen LogP contribution in [0.2, 0.25) is 0 Å². The van der Waals surface area contributed by atoms with Crippen LogP contribution in [0, 0.1) is 0 Å². The number of hydrogen-bond acceptors (Lipinski definition) is 7. The van der Waals surface area contributed by atoms with E-state index in [0.717, 1.165) is 46.5 Å². The minimum Gasteiger partial charge on any atom is -0.367 e. The van der Waals surface area contributed by atoms with Crippen LogP contribution in [0.4, 0.5) is 11.4 Å². The fourth-order valence-electron chi connectivity index (χ4n) is 7.54. The lowest BCUT2D eigenvalue weighted by atomic mass is 10.0. The van der Waals surface area contributed by atoms with E-state index in [1.807, 2.05) is 109 Å². The van der Waals surface area contributed by atoms with Crippen LogP contribution in [0.1, 0.15) is 49.0 Å². The topological polar surface area (TPSA) is 146 Å². The molecule has 2 aliphatic rings. The van der Waals surface area contributed by atoms with Gasteiger partial charge < -0.3 is 34.9 Å². The molecule has 4 atom stereocenters. The lowest BCUT2D eigenvalue weighted by Crippen LogP contribution is -2.45. The molecule has 0 spiro atoms. The van der Waals surface area contributed by atoms with Crippen molar-refractivity contribution in [3.8, 4) is 22.5 Å². The fraction of sp³-hybridized carbons (Fsp3) is 0.279. The normalized spacial score (nSPS) is 17.8. The summed E-state index contributed by atoms with van der Waals surface area (Å²) in [4.78, 5) is 64.8. The highest BCUT2D eigenvalue weighted by atomic mass is 16.5. The third-order valence-electron chi connectivity index (χ3n) is 10.3. The third kappa shape index (κ3) is 8.06. The molecule has 7 rings (SSSR count). The molecule has 0 saturated carbocycles. The standard InChI is InChI=1S/C43H44N6O6/c1-54-38(30-11-5-3-6-12-30)42(52)48-25-9-15-34(48)40(50)46-32-21-17-28(18-22-32)36-37(45-27-44-36)29-19-23-33(24-20-29)47-41(51)35-16-10-26-49(35)43(53)39(55-2)31-13-7-4-8-14-31/h3-8,11-14,17-24,27,34-35,38-39H,9-10,15-16,25-26H2,1-2H3,(H,44,45)(H,46,50)(H,47,51)/t34-,35-,38-,39-/m0/s1. The molecule has 2 aliphatic heterocycles. The molecule has 3 heterocycles. The third-order valence-corrected chi connectivity index (χ3v) is 10.3. The van der Waals surface area contributed by atoms with Crippen molar-refractivity contribution in [2.24, 2.45) is 0 Å². The number of nitrogens with zero attached hydrogens (tertiary/aromatic N) is 3. The van der Waals surface area contributed by atoms with Crippen LogP contribution >= 0.6 is 0 Å². The average molecular weight is 741 g/mol. The van der Waals surface area contributed by atoms with Crippen LogP contribution in [0.15, 0.2) is 116 Å². The molecular formula is C43H44N6O6. The monoisotopic (exact) mass is 740 g/mol. The molecule has 0 unspecified atom stereocenters. The Morgan fingerprint density at radius 2 is 1.07 bits per heavy atom. The quantitative estimate of drug-likeness (QED) is 0.135. The number of nitrogens with one attached hydrogen (secondary N) is 3. The van der Waals surface area contributed by atoms with Crippen LogP contribution in [-0.4, -0.2) is 82.8 Å². The van der Waals surface area contributed by atoms with Gasteiger partial charge in [0, 0.05) is 49.8 Å². The second kappa shape index (κ2) is 16.9. The number of H-pyrrole nitrogens is 1. The maximum atomic E-state index is 13.5. The molecule has 2 saturated heterocycles. The Hall–Kier alpha value is -6.11. The predicted molar refractivity (Wildman–Crippen MR) is 209 cm³/mol. The first-order valence-electron chi connectivity index (χ1n) is 18.5. The molecule has 12 heteroatoms. The summed E-state index contributed by atoms with van der Waals surface area (Å²) >= 11 is 0. The number of amides is 4. The van der Waals surface area contributed by atoms with E-state index in [1.165, 1.54) is 14.2 Å². The van der Waals surface area contributed by atoms with Gasteiger partial charge in [-0.2, -0.15) is 0 Å². The summed E-state index contributed by atoms with van der Waals surface area (Å²) in [6.45, 7) is 0.978. The SMILES string of the molecule is CO[C@H](C(=O)N1CCC[C@H]1C(=O)Nc1ccc(-c2nc[nH]c2-c2ccc(NC(=O)[C@@H]3CCCN3C(=O)[C@@H](OC)c3ccccc3)cc2)cc1)c1ccccc1. The minimum absolute atomic E-state index is 0.226. The van der Waals surface area contributed by atoms with Crippen molar-refractivity contribution in [1.29, 1.82) is 0 Å². The summed E-state index contributed by atoms with van der Waals surface area (Å²) in [6, 6.07) is 32.3. The number of imidazole rings is 1. The number of hydrogen-bond donors (Lipinski definition) is 3. The van der Waals surface area contributed by atoms with Gasteiger partial charge in [-0.15, -0.1) is 0 Å². The molecule has 5 aromatic rings. The number of aromatic amines is 1. The number of likely N-dealkylation sites (tertiary alicyclic amines) is 2. The highest BCUT2D eigenvalue weighted by Crippen LogP contribution is 2.32. The van der Waals surface area contributed by atoms with E-state index in [9.17, 15) is 19.2 Å². The molecule has 12 nitrogen and oxygen atoms in total. The smallest absolute Gasteiger partial charge is 0.257 e. The number of rotatable bonds is 12. The Balaban J connectivity index is 0.974. The van der Waals surface area contributed by atoms with Gasteiger partial charge in [-0.25, -0.2) is 4.98 Å². The van der Waals surface area contributed by atoms with Crippen molar-refractivity contribution >= 4 is 35.0 Å². The Morgan fingerprint density at radius 3 is 1.51 bits per heavy atom. The van der Waals surface area contributed by atoms with E-state index in [1.54, 1.807) is 16.1 Å². The van der Waals surface area contributed by atoms with Gasteiger partial charge in [0.05, 0.1) is 17.7 Å². The minimum atomic E-state index is -0.776. The molecule has 4 amide bonds. The highest BCUT2D eigenvalue weighted by Gasteiger charge is 2.39. The Bertz CT molecular complexity index is 1960. The van der Waals surface area contributed by atoms with E-state index in [-0.39, 0.29) is 23.6 Å². The molecule has 0 radical (unpaired) electrons. The maximum absolute atomic E-state index is 13.5. The van der Waals surface area contributed by atoms with Gasteiger partial charge in [-0.3, -0.25) is 19.2 Å². The van der Waals surface area contributed by atoms with Crippen molar-refractivity contribution in [1.82, 2.24) is 19.8 Å². The summed E-state index contributed by atoms with van der Waals surface area (Å²) in [7, 11) is 3.01. The van der Waals surface area contributed by atoms with E-state index in [0.29, 0.717) is 37.3 Å². The Labute approximate surface area is 319 Å². The molecule has 55 heavy (non-hydrogen) atoms. The molecule has 1 aromatic heterocycles. The van der Waals surface area contributed by atoms with E-state index < -0.39 is 24.3 Å². The van der Waals surface area contributed by atoms with E-state index in [2.05, 4.69) is 20.6 Å². The summed E-state index contributed by atoms with van der Waals surface area (Å²) in [5, 5.41) is 5.98. The summed E-state index contributed by atoms with van der Waals surface area (Å²) in [5.74, 6) is -0.937. The molecule has 0 aliphatic carbocycles. The number of aromatic nitrogens is 2. The first kappa shape index (κ1) is 37.2. The molecular weight excluding hydrogens is 697 g/mol. The first-order valence-corrected chi connectivity index (χ1v) is 18.5. The number of methoxy groups -OCH3 is 2. The van der Waals surface area contributed by atoms with Gasteiger partial charge in [0.15, 0.2) is 12.2 Å². The number of carbonyl (C=O) groups excluding carboxylic acids is 4. The molecule has 3 N–H and O–H groups in total. The van der Waals surface area contributed by atoms with Gasteiger partial charge in [0.25, 0.3) is 11.8 Å². The Kier molecular flexibility index (Phi) is 11.4. The van der Waals surface area contributed by atoms with Crippen molar-refractivity contribution in [2.45, 2.75) is 50.0 Å². The first-order chi connectivity index (χ1) is 26.9. The zero-order valence-corrected chi connectivity index (χ0v) is 30.8. The van der Waals surface area contributed by atoms with Crippen molar-refractivity contribution in [3.05, 3.63) is 127 Å².